The van der Waals surface area contributed by atoms with Crippen LogP contribution in [0.4, 0.5) is 0 Å². The summed E-state index contributed by atoms with van der Waals surface area (Å²) in [5.41, 5.74) is 1.62. The van der Waals surface area contributed by atoms with Gasteiger partial charge in [0.05, 0.1) is 0 Å². The van der Waals surface area contributed by atoms with E-state index in [-0.39, 0.29) is 11.5 Å². The number of nitrogens with zero attached hydrogens (tertiary/aromatic N) is 2. The number of H-pyrrole nitrogens is 1. The van der Waals surface area contributed by atoms with Gasteiger partial charge in [-0.3, -0.25) is 9.89 Å². The summed E-state index contributed by atoms with van der Waals surface area (Å²) in [4.78, 5) is 18.5. The molecule has 1 saturated carbocycles. The molecule has 4 rings (SSSR count). The maximum Gasteiger partial charge on any atom is 0.276 e. The fourth-order valence-electron chi connectivity index (χ4n) is 2.92. The quantitative estimate of drug-likeness (QED) is 0.885. The minimum Gasteiger partial charge on any atom is -0.294 e. The molecule has 1 atom stereocenters. The lowest BCUT2D eigenvalue weighted by molar-refractivity contribution is 0.797. The number of aryl methyl sites for hydroxylation is 1. The number of halogens is 1. The van der Waals surface area contributed by atoms with Gasteiger partial charge in [0.2, 0.25) is 0 Å². The van der Waals surface area contributed by atoms with Gasteiger partial charge in [0.25, 0.3) is 5.56 Å². The summed E-state index contributed by atoms with van der Waals surface area (Å²) in [5, 5.41) is 4.63. The van der Waals surface area contributed by atoms with Crippen LogP contribution in [0, 0.1) is 6.92 Å². The van der Waals surface area contributed by atoms with E-state index < -0.39 is 0 Å². The first-order valence-electron chi connectivity index (χ1n) is 8.10. The van der Waals surface area contributed by atoms with Crippen molar-refractivity contribution in [3.63, 3.8) is 0 Å². The summed E-state index contributed by atoms with van der Waals surface area (Å²) < 4.78 is 1.53. The van der Waals surface area contributed by atoms with Crippen LogP contribution in [0.1, 0.15) is 36.4 Å². The molecule has 1 N–H and O–H groups in total. The Morgan fingerprint density at radius 3 is 2.83 bits per heavy atom. The fourth-order valence-corrected chi connectivity index (χ4v) is 4.10. The molecule has 2 aromatic rings. The van der Waals surface area contributed by atoms with E-state index in [0.29, 0.717) is 5.82 Å². The molecule has 24 heavy (non-hydrogen) atoms. The summed E-state index contributed by atoms with van der Waals surface area (Å²) in [5.74, 6) is 0.685. The van der Waals surface area contributed by atoms with Crippen LogP contribution in [0.5, 0.6) is 0 Å². The molecule has 0 aliphatic heterocycles. The molecule has 4 nitrogen and oxygen atoms in total. The molecule has 2 heterocycles. The number of aromatic nitrogens is 3. The van der Waals surface area contributed by atoms with Gasteiger partial charge in [-0.25, -0.2) is 9.67 Å². The lowest BCUT2D eigenvalue weighted by Gasteiger charge is -2.12. The average Bonchev–Trinajstić information content (AvgIpc) is 3.34. The predicted molar refractivity (Wildman–Crippen MR) is 98.2 cm³/mol. The topological polar surface area (TPSA) is 50.7 Å². The van der Waals surface area contributed by atoms with Crippen LogP contribution in [0.25, 0.3) is 5.82 Å². The Labute approximate surface area is 149 Å². The number of allylic oxidation sites excluding steroid dienone is 4. The largest absolute Gasteiger partial charge is 0.294 e. The Morgan fingerprint density at radius 2 is 2.21 bits per heavy atom. The van der Waals surface area contributed by atoms with E-state index in [0.717, 1.165) is 32.9 Å². The van der Waals surface area contributed by atoms with Crippen molar-refractivity contribution in [3.05, 3.63) is 63.2 Å². The van der Waals surface area contributed by atoms with Crippen molar-refractivity contribution in [3.8, 4) is 5.82 Å². The minimum absolute atomic E-state index is 0.0383. The maximum absolute atomic E-state index is 12.8. The van der Waals surface area contributed by atoms with Crippen molar-refractivity contribution in [1.82, 2.24) is 14.8 Å². The highest BCUT2D eigenvalue weighted by atomic mass is 35.5. The number of hydrogen-bond acceptors (Lipinski definition) is 3. The average molecular weight is 360 g/mol. The lowest BCUT2D eigenvalue weighted by atomic mass is 9.93. The number of rotatable bonds is 4. The van der Waals surface area contributed by atoms with Crippen molar-refractivity contribution in [2.75, 3.05) is 0 Å². The summed E-state index contributed by atoms with van der Waals surface area (Å²) in [6, 6.07) is 3.94. The molecule has 0 amide bonds. The van der Waals surface area contributed by atoms with Gasteiger partial charge in [0.1, 0.15) is 0 Å². The number of hydrogen-bond donors (Lipinski definition) is 1. The zero-order chi connectivity index (χ0) is 16.7. The van der Waals surface area contributed by atoms with Crippen LogP contribution in [0.3, 0.4) is 0 Å². The summed E-state index contributed by atoms with van der Waals surface area (Å²) >= 11 is 7.84. The second-order valence-electron chi connectivity index (χ2n) is 6.25. The Morgan fingerprint density at radius 1 is 1.38 bits per heavy atom. The number of aromatic amines is 1. The highest BCUT2D eigenvalue weighted by Crippen LogP contribution is 2.38. The van der Waals surface area contributed by atoms with Gasteiger partial charge in [-0.05, 0) is 44.4 Å². The predicted octanol–water partition coefficient (Wildman–Crippen LogP) is 4.29. The first-order valence-corrected chi connectivity index (χ1v) is 9.36. The van der Waals surface area contributed by atoms with E-state index in [2.05, 4.69) is 10.1 Å². The van der Waals surface area contributed by atoms with Crippen molar-refractivity contribution < 1.29 is 0 Å². The van der Waals surface area contributed by atoms with Gasteiger partial charge < -0.3 is 0 Å². The molecular weight excluding hydrogens is 342 g/mol. The van der Waals surface area contributed by atoms with E-state index in [4.69, 9.17) is 11.6 Å². The van der Waals surface area contributed by atoms with Gasteiger partial charge in [-0.15, -0.1) is 11.8 Å². The first-order chi connectivity index (χ1) is 11.6. The third-order valence-electron chi connectivity index (χ3n) is 4.32. The Kier molecular flexibility index (Phi) is 4.14. The molecule has 0 radical (unpaired) electrons. The molecule has 2 aliphatic carbocycles. The molecular formula is C18H18ClN3OS. The molecule has 0 aromatic carbocycles. The van der Waals surface area contributed by atoms with Gasteiger partial charge in [-0.2, -0.15) is 0 Å². The number of pyridine rings is 1. The smallest absolute Gasteiger partial charge is 0.276 e. The molecule has 1 fully saturated rings. The van der Waals surface area contributed by atoms with E-state index in [1.165, 1.54) is 17.5 Å². The van der Waals surface area contributed by atoms with E-state index in [9.17, 15) is 4.79 Å². The number of thioether (sulfide) groups is 1. The molecule has 1 unspecified atom stereocenters. The zero-order valence-electron chi connectivity index (χ0n) is 13.3. The normalized spacial score (nSPS) is 20.2. The van der Waals surface area contributed by atoms with Crippen LogP contribution in [0.15, 0.2) is 51.3 Å². The Hall–Kier alpha value is -1.72. The molecule has 124 valence electrons. The summed E-state index contributed by atoms with van der Waals surface area (Å²) in [6.45, 7) is 1.93. The Bertz CT molecular complexity index is 875. The van der Waals surface area contributed by atoms with Crippen molar-refractivity contribution in [2.45, 2.75) is 42.2 Å². The minimum atomic E-state index is -0.0383. The summed E-state index contributed by atoms with van der Waals surface area (Å²) in [6.07, 6.45) is 11.0. The van der Waals surface area contributed by atoms with E-state index in [1.807, 2.05) is 55.2 Å². The van der Waals surface area contributed by atoms with Gasteiger partial charge >= 0.3 is 0 Å². The molecule has 0 spiro atoms. The van der Waals surface area contributed by atoms with Gasteiger partial charge in [0, 0.05) is 38.5 Å². The van der Waals surface area contributed by atoms with Crippen LogP contribution >= 0.6 is 23.4 Å². The van der Waals surface area contributed by atoms with Crippen molar-refractivity contribution in [2.24, 2.45) is 0 Å². The van der Waals surface area contributed by atoms with Crippen molar-refractivity contribution in [1.29, 1.82) is 0 Å². The standard InChI is InChI=1S/C18H18ClN3OS/c1-11-17(12-2-4-13(19)5-3-12)18(23)22(21-11)16-9-8-15(10-20-16)24-14-6-7-14/h2,4-5,8-10,12,14,21H,3,6-7H2,1H3. The number of nitrogens with one attached hydrogen (secondary N) is 1. The molecule has 0 saturated heterocycles. The SMILES string of the molecule is Cc1[nH]n(-c2ccc(SC3CC3)cn2)c(=O)c1C1C=CC(Cl)=CC1. The second kappa shape index (κ2) is 6.30. The van der Waals surface area contributed by atoms with Gasteiger partial charge in [-0.1, -0.05) is 23.8 Å². The highest BCUT2D eigenvalue weighted by molar-refractivity contribution is 8.00. The fraction of sp³-hybridized carbons (Fsp3) is 0.333. The molecule has 6 heteroatoms. The highest BCUT2D eigenvalue weighted by Gasteiger charge is 2.23. The van der Waals surface area contributed by atoms with Crippen LogP contribution in [0.2, 0.25) is 0 Å². The Balaban J connectivity index is 1.63. The first kappa shape index (κ1) is 15.8. The lowest BCUT2D eigenvalue weighted by Crippen LogP contribution is -2.20. The van der Waals surface area contributed by atoms with Crippen LogP contribution < -0.4 is 5.56 Å². The molecule has 2 aliphatic rings. The zero-order valence-corrected chi connectivity index (χ0v) is 14.9. The summed E-state index contributed by atoms with van der Waals surface area (Å²) in [7, 11) is 0. The molecule has 0 bridgehead atoms. The van der Waals surface area contributed by atoms with E-state index >= 15 is 0 Å². The second-order valence-corrected chi connectivity index (χ2v) is 8.06. The van der Waals surface area contributed by atoms with Crippen LogP contribution in [-0.2, 0) is 0 Å². The van der Waals surface area contributed by atoms with E-state index in [1.54, 1.807) is 0 Å². The van der Waals surface area contributed by atoms with Crippen LogP contribution in [-0.4, -0.2) is 20.0 Å². The molecule has 2 aromatic heterocycles. The third kappa shape index (κ3) is 3.10. The maximum atomic E-state index is 12.8. The third-order valence-corrected chi connectivity index (χ3v) is 5.92. The monoisotopic (exact) mass is 359 g/mol. The van der Waals surface area contributed by atoms with Crippen molar-refractivity contribution >= 4 is 23.4 Å². The van der Waals surface area contributed by atoms with Gasteiger partial charge in [0.15, 0.2) is 5.82 Å².